The van der Waals surface area contributed by atoms with E-state index in [0.717, 1.165) is 5.56 Å². The molecule has 2 rings (SSSR count). The lowest BCUT2D eigenvalue weighted by molar-refractivity contribution is 0.392. The highest BCUT2D eigenvalue weighted by Crippen LogP contribution is 2.28. The van der Waals surface area contributed by atoms with E-state index in [9.17, 15) is 0 Å². The molecule has 0 fully saturated rings. The molecule has 6 nitrogen and oxygen atoms in total. The van der Waals surface area contributed by atoms with Gasteiger partial charge in [0, 0.05) is 11.6 Å². The molecule has 6 heteroatoms. The number of hydrogen-bond acceptors (Lipinski definition) is 6. The molecular weight excluding hydrogens is 234 g/mol. The molecule has 2 aromatic rings. The lowest BCUT2D eigenvalue weighted by Gasteiger charge is -2.05. The third-order valence-electron chi connectivity index (χ3n) is 2.40. The van der Waals surface area contributed by atoms with Crippen molar-refractivity contribution in [3.05, 3.63) is 24.0 Å². The first-order valence-corrected chi connectivity index (χ1v) is 5.47. The molecule has 0 atom stereocenters. The largest absolute Gasteiger partial charge is 0.497 e. The summed E-state index contributed by atoms with van der Waals surface area (Å²) >= 11 is 0. The Hall–Kier alpha value is -2.08. The molecule has 0 unspecified atom stereocenters. The van der Waals surface area contributed by atoms with Gasteiger partial charge in [-0.1, -0.05) is 5.16 Å². The fraction of sp³-hybridized carbons (Fsp3) is 0.333. The highest BCUT2D eigenvalue weighted by Gasteiger charge is 2.11. The molecule has 0 bridgehead atoms. The van der Waals surface area contributed by atoms with E-state index in [1.807, 2.05) is 19.2 Å². The average Bonchev–Trinajstić information content (AvgIpc) is 2.87. The van der Waals surface area contributed by atoms with Gasteiger partial charge in [0.2, 0.25) is 0 Å². The second-order valence-corrected chi connectivity index (χ2v) is 3.65. The predicted octanol–water partition coefficient (Wildman–Crippen LogP) is 1.47. The van der Waals surface area contributed by atoms with Gasteiger partial charge < -0.3 is 19.3 Å². The van der Waals surface area contributed by atoms with Crippen molar-refractivity contribution in [2.75, 3.05) is 21.3 Å². The van der Waals surface area contributed by atoms with Gasteiger partial charge in [-0.05, 0) is 19.2 Å². The van der Waals surface area contributed by atoms with E-state index in [-0.39, 0.29) is 0 Å². The molecule has 1 aromatic carbocycles. The Kier molecular flexibility index (Phi) is 3.78. The van der Waals surface area contributed by atoms with Crippen molar-refractivity contribution < 1.29 is 14.0 Å². The van der Waals surface area contributed by atoms with Crippen molar-refractivity contribution in [3.8, 4) is 23.0 Å². The van der Waals surface area contributed by atoms with Gasteiger partial charge in [0.05, 0.1) is 20.8 Å². The van der Waals surface area contributed by atoms with Crippen LogP contribution in [0, 0.1) is 0 Å². The number of ether oxygens (including phenoxy) is 2. The van der Waals surface area contributed by atoms with E-state index in [4.69, 9.17) is 14.0 Å². The minimum absolute atomic E-state index is 0.442. The molecule has 0 aliphatic rings. The molecule has 0 radical (unpaired) electrons. The number of benzene rings is 1. The van der Waals surface area contributed by atoms with Crippen LogP contribution in [0.4, 0.5) is 0 Å². The zero-order valence-electron chi connectivity index (χ0n) is 10.6. The molecule has 0 aliphatic carbocycles. The van der Waals surface area contributed by atoms with Gasteiger partial charge in [-0.25, -0.2) is 0 Å². The summed E-state index contributed by atoms with van der Waals surface area (Å²) in [4.78, 5) is 4.27. The van der Waals surface area contributed by atoms with E-state index >= 15 is 0 Å². The molecule has 0 saturated carbocycles. The van der Waals surface area contributed by atoms with E-state index in [0.29, 0.717) is 29.8 Å². The zero-order chi connectivity index (χ0) is 13.0. The first-order valence-electron chi connectivity index (χ1n) is 5.47. The van der Waals surface area contributed by atoms with Crippen LogP contribution < -0.4 is 14.8 Å². The molecule has 1 N–H and O–H groups in total. The molecule has 0 amide bonds. The fourth-order valence-electron chi connectivity index (χ4n) is 1.53. The summed E-state index contributed by atoms with van der Waals surface area (Å²) in [5, 5.41) is 6.82. The number of nitrogens with zero attached hydrogens (tertiary/aromatic N) is 2. The highest BCUT2D eigenvalue weighted by atomic mass is 16.5. The zero-order valence-corrected chi connectivity index (χ0v) is 10.6. The third-order valence-corrected chi connectivity index (χ3v) is 2.40. The summed E-state index contributed by atoms with van der Waals surface area (Å²) in [5.41, 5.74) is 0.765. The van der Waals surface area contributed by atoms with Crippen LogP contribution in [-0.2, 0) is 6.54 Å². The van der Waals surface area contributed by atoms with Gasteiger partial charge in [-0.2, -0.15) is 4.98 Å². The Morgan fingerprint density at radius 3 is 2.39 bits per heavy atom. The predicted molar refractivity (Wildman–Crippen MR) is 65.6 cm³/mol. The normalized spacial score (nSPS) is 10.4. The van der Waals surface area contributed by atoms with Gasteiger partial charge in [-0.3, -0.25) is 0 Å². The number of nitrogens with one attached hydrogen (secondary N) is 1. The number of aromatic nitrogens is 2. The van der Waals surface area contributed by atoms with Crippen LogP contribution in [0.15, 0.2) is 22.7 Å². The summed E-state index contributed by atoms with van der Waals surface area (Å²) in [7, 11) is 5.02. The first kappa shape index (κ1) is 12.4. The minimum atomic E-state index is 0.442. The third kappa shape index (κ3) is 2.60. The van der Waals surface area contributed by atoms with Crippen molar-refractivity contribution >= 4 is 0 Å². The topological polar surface area (TPSA) is 69.4 Å². The van der Waals surface area contributed by atoms with Gasteiger partial charge in [0.15, 0.2) is 5.82 Å². The Morgan fingerprint density at radius 1 is 1.17 bits per heavy atom. The van der Waals surface area contributed by atoms with E-state index in [2.05, 4.69) is 15.5 Å². The van der Waals surface area contributed by atoms with Crippen LogP contribution in [0.1, 0.15) is 5.82 Å². The lowest BCUT2D eigenvalue weighted by Crippen LogP contribution is -2.06. The smallest absolute Gasteiger partial charge is 0.258 e. The minimum Gasteiger partial charge on any atom is -0.497 e. The summed E-state index contributed by atoms with van der Waals surface area (Å²) in [6, 6.07) is 5.42. The Bertz CT molecular complexity index is 503. The maximum absolute atomic E-state index is 5.19. The van der Waals surface area contributed by atoms with Gasteiger partial charge in [-0.15, -0.1) is 0 Å². The maximum Gasteiger partial charge on any atom is 0.258 e. The average molecular weight is 249 g/mol. The summed E-state index contributed by atoms with van der Waals surface area (Å²) in [5.74, 6) is 2.40. The van der Waals surface area contributed by atoms with E-state index < -0.39 is 0 Å². The Balaban J connectivity index is 2.35. The Morgan fingerprint density at radius 2 is 1.83 bits per heavy atom. The van der Waals surface area contributed by atoms with Crippen LogP contribution in [0.3, 0.4) is 0 Å². The monoisotopic (exact) mass is 249 g/mol. The second-order valence-electron chi connectivity index (χ2n) is 3.65. The van der Waals surface area contributed by atoms with Crippen molar-refractivity contribution in [1.29, 1.82) is 0 Å². The van der Waals surface area contributed by atoms with Crippen LogP contribution in [0.5, 0.6) is 11.5 Å². The summed E-state index contributed by atoms with van der Waals surface area (Å²) in [6.45, 7) is 0.560. The molecule has 18 heavy (non-hydrogen) atoms. The van der Waals surface area contributed by atoms with Crippen molar-refractivity contribution in [2.45, 2.75) is 6.54 Å². The molecule has 1 aromatic heterocycles. The summed E-state index contributed by atoms with van der Waals surface area (Å²) in [6.07, 6.45) is 0. The summed E-state index contributed by atoms with van der Waals surface area (Å²) < 4.78 is 15.6. The molecule has 0 aliphatic heterocycles. The van der Waals surface area contributed by atoms with E-state index in [1.165, 1.54) is 0 Å². The fourth-order valence-corrected chi connectivity index (χ4v) is 1.53. The van der Waals surface area contributed by atoms with Crippen LogP contribution in [-0.4, -0.2) is 31.4 Å². The SMILES string of the molecule is CNCc1noc(-c2cc(OC)cc(OC)c2)n1. The standard InChI is InChI=1S/C12H15N3O3/c1-13-7-11-14-12(18-15-11)8-4-9(16-2)6-10(5-8)17-3/h4-6,13H,7H2,1-3H3. The molecule has 0 spiro atoms. The van der Waals surface area contributed by atoms with E-state index in [1.54, 1.807) is 20.3 Å². The van der Waals surface area contributed by atoms with Crippen LogP contribution >= 0.6 is 0 Å². The maximum atomic E-state index is 5.19. The molecular formula is C12H15N3O3. The van der Waals surface area contributed by atoms with Crippen LogP contribution in [0.25, 0.3) is 11.5 Å². The first-order chi connectivity index (χ1) is 8.76. The highest BCUT2D eigenvalue weighted by molar-refractivity contribution is 5.59. The number of methoxy groups -OCH3 is 2. The van der Waals surface area contributed by atoms with Crippen molar-refractivity contribution in [1.82, 2.24) is 15.5 Å². The molecule has 1 heterocycles. The van der Waals surface area contributed by atoms with Gasteiger partial charge in [0.1, 0.15) is 11.5 Å². The van der Waals surface area contributed by atoms with Crippen LogP contribution in [0.2, 0.25) is 0 Å². The van der Waals surface area contributed by atoms with Gasteiger partial charge in [0.25, 0.3) is 5.89 Å². The van der Waals surface area contributed by atoms with Crippen molar-refractivity contribution in [3.63, 3.8) is 0 Å². The molecule has 96 valence electrons. The van der Waals surface area contributed by atoms with Crippen molar-refractivity contribution in [2.24, 2.45) is 0 Å². The number of rotatable bonds is 5. The lowest BCUT2D eigenvalue weighted by atomic mass is 10.2. The van der Waals surface area contributed by atoms with Gasteiger partial charge >= 0.3 is 0 Å². The molecule has 0 saturated heterocycles. The quantitative estimate of drug-likeness (QED) is 0.865. The Labute approximate surface area is 105 Å². The second kappa shape index (κ2) is 5.50. The number of hydrogen-bond donors (Lipinski definition) is 1.